The smallest absolute Gasteiger partial charge is 0.0849 e. The second-order valence-electron chi connectivity index (χ2n) is 3.97. The Labute approximate surface area is 94.9 Å². The van der Waals surface area contributed by atoms with Crippen LogP contribution in [0.4, 0.5) is 0 Å². The minimum Gasteiger partial charge on any atom is -0.324 e. The molecule has 0 fully saturated rings. The zero-order valence-electron chi connectivity index (χ0n) is 9.67. The van der Waals surface area contributed by atoms with Crippen LogP contribution in [-0.4, -0.2) is 19.6 Å². The topological polar surface area (TPSA) is 61.7 Å². The van der Waals surface area contributed by atoms with E-state index in [0.717, 1.165) is 17.7 Å². The van der Waals surface area contributed by atoms with E-state index < -0.39 is 0 Å². The first-order valence-corrected chi connectivity index (χ1v) is 5.45. The van der Waals surface area contributed by atoms with Crippen LogP contribution in [0.1, 0.15) is 30.6 Å². The Hall–Kier alpha value is -1.62. The summed E-state index contributed by atoms with van der Waals surface area (Å²) in [7, 11) is 1.91. The quantitative estimate of drug-likeness (QED) is 0.836. The predicted molar refractivity (Wildman–Crippen MR) is 61.8 cm³/mol. The maximum Gasteiger partial charge on any atom is 0.0849 e. The molecule has 0 aliphatic rings. The van der Waals surface area contributed by atoms with Gasteiger partial charge in [-0.2, -0.15) is 10.2 Å². The number of rotatable bonds is 4. The van der Waals surface area contributed by atoms with Crippen molar-refractivity contribution in [2.24, 2.45) is 12.8 Å². The first-order valence-electron chi connectivity index (χ1n) is 5.45. The largest absolute Gasteiger partial charge is 0.324 e. The van der Waals surface area contributed by atoms with E-state index in [1.165, 1.54) is 0 Å². The molecule has 0 bridgehead atoms. The van der Waals surface area contributed by atoms with Crippen molar-refractivity contribution in [1.29, 1.82) is 0 Å². The Morgan fingerprint density at radius 2 is 2.31 bits per heavy atom. The molecule has 16 heavy (non-hydrogen) atoms. The monoisotopic (exact) mass is 219 g/mol. The van der Waals surface area contributed by atoms with Crippen LogP contribution in [0, 0.1) is 0 Å². The summed E-state index contributed by atoms with van der Waals surface area (Å²) < 4.78 is 3.66. The van der Waals surface area contributed by atoms with Crippen LogP contribution in [0.5, 0.6) is 0 Å². The highest BCUT2D eigenvalue weighted by atomic mass is 15.3. The summed E-state index contributed by atoms with van der Waals surface area (Å²) in [4.78, 5) is 0. The molecule has 0 aliphatic heterocycles. The van der Waals surface area contributed by atoms with Crippen molar-refractivity contribution in [2.45, 2.75) is 25.9 Å². The highest BCUT2D eigenvalue weighted by Gasteiger charge is 2.07. The van der Waals surface area contributed by atoms with Crippen molar-refractivity contribution >= 4 is 0 Å². The maximum absolute atomic E-state index is 5.93. The normalized spacial score (nSPS) is 12.9. The number of aromatic nitrogens is 4. The van der Waals surface area contributed by atoms with Crippen molar-refractivity contribution in [3.63, 3.8) is 0 Å². The van der Waals surface area contributed by atoms with Crippen LogP contribution in [0.3, 0.4) is 0 Å². The Morgan fingerprint density at radius 1 is 1.50 bits per heavy atom. The molecule has 2 aromatic heterocycles. The van der Waals surface area contributed by atoms with Crippen molar-refractivity contribution in [1.82, 2.24) is 19.6 Å². The molecule has 0 aliphatic carbocycles. The van der Waals surface area contributed by atoms with Gasteiger partial charge in [0.15, 0.2) is 0 Å². The minimum atomic E-state index is 0.0810. The fourth-order valence-electron chi connectivity index (χ4n) is 1.61. The number of hydrogen-bond acceptors (Lipinski definition) is 3. The third-order valence-corrected chi connectivity index (χ3v) is 2.61. The summed E-state index contributed by atoms with van der Waals surface area (Å²) in [5.74, 6) is 0. The van der Waals surface area contributed by atoms with E-state index in [-0.39, 0.29) is 6.04 Å². The van der Waals surface area contributed by atoms with Gasteiger partial charge in [0.2, 0.25) is 0 Å². The molecule has 5 heteroatoms. The van der Waals surface area contributed by atoms with Crippen molar-refractivity contribution < 1.29 is 0 Å². The summed E-state index contributed by atoms with van der Waals surface area (Å²) in [5.41, 5.74) is 8.02. The van der Waals surface area contributed by atoms with E-state index in [1.807, 2.05) is 36.4 Å². The number of nitrogens with two attached hydrogens (primary N) is 1. The summed E-state index contributed by atoms with van der Waals surface area (Å²) in [5, 5.41) is 8.58. The van der Waals surface area contributed by atoms with Gasteiger partial charge in [0.25, 0.3) is 0 Å². The highest BCUT2D eigenvalue weighted by molar-refractivity contribution is 5.10. The molecule has 0 saturated carbocycles. The molecule has 0 saturated heterocycles. The molecule has 0 radical (unpaired) electrons. The fraction of sp³-hybridized carbons (Fsp3) is 0.455. The Morgan fingerprint density at radius 3 is 2.94 bits per heavy atom. The molecule has 86 valence electrons. The second kappa shape index (κ2) is 4.49. The van der Waals surface area contributed by atoms with Crippen molar-refractivity contribution in [3.05, 3.63) is 35.9 Å². The van der Waals surface area contributed by atoms with Gasteiger partial charge in [-0.05, 0) is 12.5 Å². The average molecular weight is 219 g/mol. The molecule has 0 aromatic carbocycles. The molecule has 2 heterocycles. The van der Waals surface area contributed by atoms with Crippen LogP contribution in [0.15, 0.2) is 24.7 Å². The second-order valence-corrected chi connectivity index (χ2v) is 3.97. The third kappa shape index (κ3) is 2.30. The summed E-state index contributed by atoms with van der Waals surface area (Å²) >= 11 is 0. The summed E-state index contributed by atoms with van der Waals surface area (Å²) in [6.07, 6.45) is 6.67. The Balaban J connectivity index is 2.08. The van der Waals surface area contributed by atoms with Crippen LogP contribution in [0.25, 0.3) is 0 Å². The van der Waals surface area contributed by atoms with E-state index in [9.17, 15) is 0 Å². The predicted octanol–water partition coefficient (Wildman–Crippen LogP) is 1.07. The molecular formula is C11H17N5. The van der Waals surface area contributed by atoms with Crippen LogP contribution in [-0.2, 0) is 13.6 Å². The highest BCUT2D eigenvalue weighted by Crippen LogP contribution is 2.12. The third-order valence-electron chi connectivity index (χ3n) is 2.61. The molecule has 0 amide bonds. The average Bonchev–Trinajstić information content (AvgIpc) is 2.87. The van der Waals surface area contributed by atoms with Gasteiger partial charge < -0.3 is 5.73 Å². The zero-order valence-corrected chi connectivity index (χ0v) is 9.67. The lowest BCUT2D eigenvalue weighted by molar-refractivity contribution is 0.646. The summed E-state index contributed by atoms with van der Waals surface area (Å²) in [6.45, 7) is 2.76. The summed E-state index contributed by atoms with van der Waals surface area (Å²) in [6, 6.07) is 2.07. The SMILES string of the molecule is CCC(N)c1cnn(Cc2ccn(C)n2)c1. The number of hydrogen-bond donors (Lipinski definition) is 1. The van der Waals surface area contributed by atoms with Gasteiger partial charge >= 0.3 is 0 Å². The lowest BCUT2D eigenvalue weighted by atomic mass is 10.1. The van der Waals surface area contributed by atoms with E-state index in [2.05, 4.69) is 17.1 Å². The van der Waals surface area contributed by atoms with Crippen LogP contribution in [0.2, 0.25) is 0 Å². The molecule has 5 nitrogen and oxygen atoms in total. The molecule has 1 atom stereocenters. The lowest BCUT2D eigenvalue weighted by Crippen LogP contribution is -2.07. The van der Waals surface area contributed by atoms with Crippen LogP contribution < -0.4 is 5.73 Å². The van der Waals surface area contributed by atoms with Gasteiger partial charge in [-0.1, -0.05) is 6.92 Å². The molecular weight excluding hydrogens is 202 g/mol. The molecule has 2 N–H and O–H groups in total. The van der Waals surface area contributed by atoms with E-state index in [4.69, 9.17) is 5.73 Å². The number of aryl methyl sites for hydroxylation is 1. The fourth-order valence-corrected chi connectivity index (χ4v) is 1.61. The maximum atomic E-state index is 5.93. The van der Waals surface area contributed by atoms with E-state index >= 15 is 0 Å². The first kappa shape index (κ1) is 10.9. The molecule has 2 rings (SSSR count). The Bertz CT molecular complexity index is 456. The minimum absolute atomic E-state index is 0.0810. The van der Waals surface area contributed by atoms with E-state index in [1.54, 1.807) is 4.68 Å². The van der Waals surface area contributed by atoms with Gasteiger partial charge in [-0.15, -0.1) is 0 Å². The van der Waals surface area contributed by atoms with Crippen LogP contribution >= 0.6 is 0 Å². The molecule has 1 unspecified atom stereocenters. The standard InChI is InChI=1S/C11H17N5/c1-3-11(12)9-6-13-16(7-9)8-10-4-5-15(2)14-10/h4-7,11H,3,8,12H2,1-2H3. The Kier molecular flexibility index (Phi) is 3.05. The van der Waals surface area contributed by atoms with E-state index in [0.29, 0.717) is 6.54 Å². The number of nitrogens with zero attached hydrogens (tertiary/aromatic N) is 4. The zero-order chi connectivity index (χ0) is 11.5. The first-order chi connectivity index (χ1) is 7.69. The van der Waals surface area contributed by atoms with Crippen molar-refractivity contribution in [3.8, 4) is 0 Å². The molecule has 0 spiro atoms. The van der Waals surface area contributed by atoms with Gasteiger partial charge in [-0.3, -0.25) is 9.36 Å². The van der Waals surface area contributed by atoms with Gasteiger partial charge in [0.1, 0.15) is 0 Å². The lowest BCUT2D eigenvalue weighted by Gasteiger charge is -2.03. The molecule has 2 aromatic rings. The van der Waals surface area contributed by atoms with Gasteiger partial charge in [-0.25, -0.2) is 0 Å². The van der Waals surface area contributed by atoms with Gasteiger partial charge in [0.05, 0.1) is 18.4 Å². The van der Waals surface area contributed by atoms with Crippen molar-refractivity contribution in [2.75, 3.05) is 0 Å². The van der Waals surface area contributed by atoms with Gasteiger partial charge in [0, 0.05) is 31.0 Å².